The highest BCUT2D eigenvalue weighted by atomic mass is 16.6. The van der Waals surface area contributed by atoms with Crippen molar-refractivity contribution in [3.05, 3.63) is 58.4 Å². The lowest BCUT2D eigenvalue weighted by Crippen LogP contribution is -2.59. The zero-order valence-electron chi connectivity index (χ0n) is 23.0. The Balaban J connectivity index is 1.86. The van der Waals surface area contributed by atoms with Gasteiger partial charge in [-0.15, -0.1) is 0 Å². The van der Waals surface area contributed by atoms with Crippen LogP contribution >= 0.6 is 0 Å². The fourth-order valence-corrected chi connectivity index (χ4v) is 4.83. The number of fused-ring (bicyclic) bond motifs is 1. The quantitative estimate of drug-likeness (QED) is 0.234. The third kappa shape index (κ3) is 6.26. The maximum Gasteiger partial charge on any atom is 0.308 e. The minimum absolute atomic E-state index is 0.0150. The van der Waals surface area contributed by atoms with E-state index >= 15 is 0 Å². The molecule has 3 aromatic rings. The summed E-state index contributed by atoms with van der Waals surface area (Å²) in [4.78, 5) is 60.8. The second kappa shape index (κ2) is 12.4. The predicted octanol–water partition coefficient (Wildman–Crippen LogP) is 2.32. The van der Waals surface area contributed by atoms with Gasteiger partial charge in [0, 0.05) is 27.7 Å². The Labute approximate surface area is 238 Å². The van der Waals surface area contributed by atoms with Crippen molar-refractivity contribution in [3.63, 3.8) is 0 Å². The number of phenolic OH excluding ortho intramolecular Hbond substituents is 1. The molecule has 2 N–H and O–H groups in total. The highest BCUT2D eigenvalue weighted by Gasteiger charge is 2.53. The molecule has 0 saturated carbocycles. The summed E-state index contributed by atoms with van der Waals surface area (Å²) in [6, 6.07) is 8.67. The van der Waals surface area contributed by atoms with Gasteiger partial charge < -0.3 is 38.3 Å². The van der Waals surface area contributed by atoms with Gasteiger partial charge in [-0.05, 0) is 29.8 Å². The van der Waals surface area contributed by atoms with E-state index in [-0.39, 0.29) is 27.8 Å². The molecule has 1 fully saturated rings. The van der Waals surface area contributed by atoms with Gasteiger partial charge in [-0.25, -0.2) is 0 Å². The van der Waals surface area contributed by atoms with Crippen LogP contribution in [0.5, 0.6) is 11.5 Å². The van der Waals surface area contributed by atoms with Crippen LogP contribution in [0.4, 0.5) is 0 Å². The second-order valence-electron chi connectivity index (χ2n) is 9.47. The van der Waals surface area contributed by atoms with Gasteiger partial charge in [0.2, 0.25) is 5.43 Å². The molecule has 4 rings (SSSR count). The minimum Gasteiger partial charge on any atom is -0.507 e. The van der Waals surface area contributed by atoms with Gasteiger partial charge in [0.15, 0.2) is 18.3 Å². The number of hydrogen-bond acceptors (Lipinski definition) is 13. The molecule has 1 aliphatic heterocycles. The number of aliphatic hydroxyl groups is 1. The minimum atomic E-state index is -1.51. The van der Waals surface area contributed by atoms with E-state index < -0.39 is 72.2 Å². The van der Waals surface area contributed by atoms with Crippen LogP contribution in [0, 0.1) is 0 Å². The number of esters is 4. The van der Waals surface area contributed by atoms with Gasteiger partial charge in [0.25, 0.3) is 0 Å². The zero-order chi connectivity index (χ0) is 30.7. The molecular formula is C29H28O13. The standard InChI is InChI=1S/C29H28O13/c1-13(31)38-18-7-5-17(6-8-18)20-12-37-25-19(24(20)36)9-10-21(35)23(25)27-29(41-16(4)34)28(40-15(3)33)26(39-14(2)32)22(11-30)42-27/h5-10,12,22,26-30,35H,11H2,1-4H3/t22-,26-,27+,28+,29+/m1/s1. The Kier molecular flexibility index (Phi) is 8.93. The van der Waals surface area contributed by atoms with Crippen molar-refractivity contribution in [1.82, 2.24) is 0 Å². The first-order valence-electron chi connectivity index (χ1n) is 12.8. The predicted molar refractivity (Wildman–Crippen MR) is 142 cm³/mol. The number of hydrogen-bond donors (Lipinski definition) is 2. The highest BCUT2D eigenvalue weighted by molar-refractivity contribution is 5.86. The third-order valence-electron chi connectivity index (χ3n) is 6.39. The van der Waals surface area contributed by atoms with Crippen LogP contribution in [0.1, 0.15) is 39.4 Å². The number of phenols is 1. The molecule has 2 heterocycles. The largest absolute Gasteiger partial charge is 0.507 e. The fraction of sp³-hybridized carbons (Fsp3) is 0.345. The Bertz CT molecular complexity index is 1570. The van der Waals surface area contributed by atoms with Gasteiger partial charge >= 0.3 is 23.9 Å². The van der Waals surface area contributed by atoms with Gasteiger partial charge in [0.1, 0.15) is 35.6 Å². The van der Waals surface area contributed by atoms with E-state index in [4.69, 9.17) is 28.1 Å². The maximum atomic E-state index is 13.6. The van der Waals surface area contributed by atoms with Crippen LogP contribution in [0.2, 0.25) is 0 Å². The molecule has 0 bridgehead atoms. The Morgan fingerprint density at radius 3 is 1.98 bits per heavy atom. The van der Waals surface area contributed by atoms with Crippen LogP contribution in [0.3, 0.4) is 0 Å². The molecule has 42 heavy (non-hydrogen) atoms. The summed E-state index contributed by atoms with van der Waals surface area (Å²) in [5.41, 5.74) is -0.167. The van der Waals surface area contributed by atoms with Crippen LogP contribution in [-0.4, -0.2) is 65.1 Å². The molecule has 2 aromatic carbocycles. The molecule has 0 amide bonds. The number of carbonyl (C=O) groups is 4. The lowest BCUT2D eigenvalue weighted by atomic mass is 9.89. The number of ether oxygens (including phenoxy) is 5. The van der Waals surface area contributed by atoms with E-state index in [1.54, 1.807) is 12.1 Å². The topological polar surface area (TPSA) is 185 Å². The average Bonchev–Trinajstić information content (AvgIpc) is 2.90. The summed E-state index contributed by atoms with van der Waals surface area (Å²) in [6.45, 7) is 3.81. The van der Waals surface area contributed by atoms with E-state index in [2.05, 4.69) is 0 Å². The number of aliphatic hydroxyl groups excluding tert-OH is 1. The number of carbonyl (C=O) groups excluding carboxylic acids is 4. The molecule has 0 spiro atoms. The summed E-state index contributed by atoms with van der Waals surface area (Å²) in [7, 11) is 0. The van der Waals surface area contributed by atoms with Crippen LogP contribution in [0.15, 0.2) is 51.9 Å². The Hall–Kier alpha value is -4.75. The Morgan fingerprint density at radius 2 is 1.40 bits per heavy atom. The normalized spacial score (nSPS) is 21.8. The molecule has 13 nitrogen and oxygen atoms in total. The molecule has 1 aromatic heterocycles. The molecule has 0 unspecified atom stereocenters. The van der Waals surface area contributed by atoms with Crippen LogP contribution in [-0.2, 0) is 38.1 Å². The van der Waals surface area contributed by atoms with Gasteiger partial charge in [-0.2, -0.15) is 0 Å². The summed E-state index contributed by atoms with van der Waals surface area (Å²) in [6.07, 6.45) is -5.96. The lowest BCUT2D eigenvalue weighted by molar-refractivity contribution is -0.253. The van der Waals surface area contributed by atoms with Crippen molar-refractivity contribution >= 4 is 34.8 Å². The molecule has 222 valence electrons. The summed E-state index contributed by atoms with van der Waals surface area (Å²) >= 11 is 0. The first kappa shape index (κ1) is 30.2. The number of aromatic hydroxyl groups is 1. The van der Waals surface area contributed by atoms with E-state index in [0.717, 1.165) is 27.0 Å². The smallest absolute Gasteiger partial charge is 0.308 e. The number of benzene rings is 2. The maximum absolute atomic E-state index is 13.6. The van der Waals surface area contributed by atoms with Crippen LogP contribution < -0.4 is 10.2 Å². The van der Waals surface area contributed by atoms with Gasteiger partial charge in [-0.1, -0.05) is 12.1 Å². The molecule has 0 aliphatic carbocycles. The van der Waals surface area contributed by atoms with Gasteiger partial charge in [0.05, 0.1) is 23.1 Å². The highest BCUT2D eigenvalue weighted by Crippen LogP contribution is 2.43. The van der Waals surface area contributed by atoms with Crippen molar-refractivity contribution in [2.75, 3.05) is 6.61 Å². The SMILES string of the molecule is CC(=O)Oc1ccc(-c2coc3c([C@@H]4O[C@H](CO)[C@@H](OC(C)=O)[C@H](OC(C)=O)[C@H]4OC(C)=O)c(O)ccc3c2=O)cc1. The van der Waals surface area contributed by atoms with Crippen molar-refractivity contribution in [2.45, 2.75) is 58.2 Å². The number of rotatable bonds is 7. The molecule has 13 heteroatoms. The van der Waals surface area contributed by atoms with E-state index in [1.807, 2.05) is 0 Å². The zero-order valence-corrected chi connectivity index (χ0v) is 23.0. The molecular weight excluding hydrogens is 556 g/mol. The van der Waals surface area contributed by atoms with Crippen molar-refractivity contribution < 1.29 is 57.5 Å². The van der Waals surface area contributed by atoms with Crippen molar-refractivity contribution in [2.24, 2.45) is 0 Å². The Morgan fingerprint density at radius 1 is 0.810 bits per heavy atom. The van der Waals surface area contributed by atoms with E-state index in [0.29, 0.717) is 5.56 Å². The monoisotopic (exact) mass is 584 g/mol. The summed E-state index contributed by atoms with van der Waals surface area (Å²) in [5, 5.41) is 21.1. The first-order valence-corrected chi connectivity index (χ1v) is 12.8. The first-order chi connectivity index (χ1) is 19.9. The van der Waals surface area contributed by atoms with E-state index in [9.17, 15) is 34.2 Å². The van der Waals surface area contributed by atoms with Crippen molar-refractivity contribution in [3.8, 4) is 22.6 Å². The molecule has 5 atom stereocenters. The van der Waals surface area contributed by atoms with Crippen LogP contribution in [0.25, 0.3) is 22.1 Å². The summed E-state index contributed by atoms with van der Waals surface area (Å²) < 4.78 is 33.0. The lowest BCUT2D eigenvalue weighted by Gasteiger charge is -2.44. The fourth-order valence-electron chi connectivity index (χ4n) is 4.83. The third-order valence-corrected chi connectivity index (χ3v) is 6.39. The molecule has 1 saturated heterocycles. The second-order valence-corrected chi connectivity index (χ2v) is 9.47. The molecule has 1 aliphatic rings. The molecule has 0 radical (unpaired) electrons. The van der Waals surface area contributed by atoms with Gasteiger partial charge in [-0.3, -0.25) is 24.0 Å². The van der Waals surface area contributed by atoms with E-state index in [1.165, 1.54) is 31.2 Å². The van der Waals surface area contributed by atoms with Crippen molar-refractivity contribution in [1.29, 1.82) is 0 Å². The average molecular weight is 585 g/mol. The summed E-state index contributed by atoms with van der Waals surface area (Å²) in [5.74, 6) is -3.07.